The van der Waals surface area contributed by atoms with Gasteiger partial charge in [0.15, 0.2) is 0 Å². The van der Waals surface area contributed by atoms with Gasteiger partial charge in [-0.25, -0.2) is 4.79 Å². The Morgan fingerprint density at radius 1 is 1.44 bits per heavy atom. The summed E-state index contributed by atoms with van der Waals surface area (Å²) in [6.07, 6.45) is 3.18. The molecule has 98 valence electrons. The minimum Gasteiger partial charge on any atom is -0.480 e. The van der Waals surface area contributed by atoms with Crippen molar-refractivity contribution in [1.29, 1.82) is 0 Å². The second-order valence-corrected chi connectivity index (χ2v) is 4.99. The van der Waals surface area contributed by atoms with E-state index in [1.165, 1.54) is 4.90 Å². The molecule has 5 heteroatoms. The summed E-state index contributed by atoms with van der Waals surface area (Å²) in [5.74, 6) is -0.755. The summed E-state index contributed by atoms with van der Waals surface area (Å²) in [6, 6.07) is 2.81. The van der Waals surface area contributed by atoms with Crippen molar-refractivity contribution in [3.05, 3.63) is 24.0 Å². The lowest BCUT2D eigenvalue weighted by molar-refractivity contribution is -0.144. The number of likely N-dealkylation sites (tertiary alicyclic amines) is 1. The van der Waals surface area contributed by atoms with Crippen LogP contribution in [-0.4, -0.2) is 39.0 Å². The monoisotopic (exact) mass is 250 g/mol. The molecule has 0 aliphatic carbocycles. The van der Waals surface area contributed by atoms with E-state index in [4.69, 9.17) is 0 Å². The number of carbonyl (C=O) groups excluding carboxylic acids is 1. The van der Waals surface area contributed by atoms with Crippen LogP contribution < -0.4 is 0 Å². The van der Waals surface area contributed by atoms with E-state index in [-0.39, 0.29) is 5.91 Å². The first-order valence-electron chi connectivity index (χ1n) is 6.16. The Morgan fingerprint density at radius 3 is 2.72 bits per heavy atom. The Hall–Kier alpha value is -1.78. The van der Waals surface area contributed by atoms with E-state index in [1.807, 2.05) is 6.92 Å². The molecule has 0 spiro atoms. The number of carbonyl (C=O) groups is 2. The van der Waals surface area contributed by atoms with Gasteiger partial charge in [0.25, 0.3) is 5.91 Å². The lowest BCUT2D eigenvalue weighted by Gasteiger charge is -2.36. The summed E-state index contributed by atoms with van der Waals surface area (Å²) >= 11 is 0. The molecule has 1 fully saturated rings. The summed E-state index contributed by atoms with van der Waals surface area (Å²) in [5.41, 5.74) is 0.538. The Kier molecular flexibility index (Phi) is 3.41. The third-order valence-electron chi connectivity index (χ3n) is 3.57. The van der Waals surface area contributed by atoms with Gasteiger partial charge >= 0.3 is 5.97 Å². The lowest BCUT2D eigenvalue weighted by atomic mass is 9.92. The molecule has 1 aromatic heterocycles. The maximum Gasteiger partial charge on any atom is 0.326 e. The molecule has 5 nitrogen and oxygen atoms in total. The van der Waals surface area contributed by atoms with Crippen molar-refractivity contribution in [1.82, 2.24) is 9.47 Å². The van der Waals surface area contributed by atoms with Crippen molar-refractivity contribution in [2.45, 2.75) is 25.8 Å². The van der Waals surface area contributed by atoms with Crippen LogP contribution in [0.1, 0.15) is 30.3 Å². The van der Waals surface area contributed by atoms with Crippen LogP contribution in [-0.2, 0) is 11.8 Å². The van der Waals surface area contributed by atoms with Gasteiger partial charge in [-0.15, -0.1) is 0 Å². The van der Waals surface area contributed by atoms with Crippen LogP contribution in [0.4, 0.5) is 0 Å². The van der Waals surface area contributed by atoms with Crippen molar-refractivity contribution in [2.75, 3.05) is 6.54 Å². The van der Waals surface area contributed by atoms with Gasteiger partial charge in [0, 0.05) is 19.8 Å². The van der Waals surface area contributed by atoms with Gasteiger partial charge in [0.1, 0.15) is 11.7 Å². The second kappa shape index (κ2) is 4.84. The quantitative estimate of drug-likeness (QED) is 0.861. The van der Waals surface area contributed by atoms with Crippen LogP contribution in [0.25, 0.3) is 0 Å². The standard InChI is InChI=1S/C13H18N2O3/c1-9-5-7-15(11(8-9)13(17)18)12(16)10-4-3-6-14(10)2/h3-4,6,9,11H,5,7-8H2,1-2H3,(H,17,18). The van der Waals surface area contributed by atoms with Crippen LogP contribution in [0.15, 0.2) is 18.3 Å². The fourth-order valence-electron chi connectivity index (χ4n) is 2.45. The van der Waals surface area contributed by atoms with Crippen molar-refractivity contribution in [3.63, 3.8) is 0 Å². The van der Waals surface area contributed by atoms with E-state index in [9.17, 15) is 14.7 Å². The number of carboxylic acids is 1. The van der Waals surface area contributed by atoms with Crippen LogP contribution in [0.3, 0.4) is 0 Å². The molecule has 1 N–H and O–H groups in total. The van der Waals surface area contributed by atoms with Crippen molar-refractivity contribution >= 4 is 11.9 Å². The van der Waals surface area contributed by atoms with E-state index >= 15 is 0 Å². The summed E-state index contributed by atoms with van der Waals surface area (Å²) in [5, 5.41) is 9.24. The molecule has 0 saturated carbocycles. The summed E-state index contributed by atoms with van der Waals surface area (Å²) in [6.45, 7) is 2.54. The zero-order chi connectivity index (χ0) is 13.3. The molecule has 2 unspecified atom stereocenters. The molecule has 1 aliphatic rings. The number of aryl methyl sites for hydroxylation is 1. The highest BCUT2D eigenvalue weighted by atomic mass is 16.4. The maximum absolute atomic E-state index is 12.3. The number of aromatic nitrogens is 1. The highest BCUT2D eigenvalue weighted by Gasteiger charge is 2.35. The van der Waals surface area contributed by atoms with Crippen LogP contribution >= 0.6 is 0 Å². The number of aliphatic carboxylic acids is 1. The lowest BCUT2D eigenvalue weighted by Crippen LogP contribution is -2.50. The Morgan fingerprint density at radius 2 is 2.17 bits per heavy atom. The van der Waals surface area contributed by atoms with Crippen LogP contribution in [0, 0.1) is 5.92 Å². The molecule has 1 aliphatic heterocycles. The number of nitrogens with zero attached hydrogens (tertiary/aromatic N) is 2. The highest BCUT2D eigenvalue weighted by Crippen LogP contribution is 2.24. The normalized spacial score (nSPS) is 24.0. The molecular weight excluding hydrogens is 232 g/mol. The van der Waals surface area contributed by atoms with Crippen molar-refractivity contribution in [3.8, 4) is 0 Å². The molecule has 0 aromatic carbocycles. The molecule has 0 bridgehead atoms. The van der Waals surface area contributed by atoms with Gasteiger partial charge < -0.3 is 14.6 Å². The Bertz CT molecular complexity index is 467. The fourth-order valence-corrected chi connectivity index (χ4v) is 2.45. The van der Waals surface area contributed by atoms with Gasteiger partial charge in [-0.2, -0.15) is 0 Å². The summed E-state index contributed by atoms with van der Waals surface area (Å²) < 4.78 is 1.72. The number of hydrogen-bond acceptors (Lipinski definition) is 2. The molecule has 1 aromatic rings. The van der Waals surface area contributed by atoms with E-state index in [2.05, 4.69) is 0 Å². The smallest absolute Gasteiger partial charge is 0.326 e. The molecule has 2 heterocycles. The second-order valence-electron chi connectivity index (χ2n) is 4.99. The zero-order valence-corrected chi connectivity index (χ0v) is 10.7. The minimum atomic E-state index is -0.913. The van der Waals surface area contributed by atoms with Crippen LogP contribution in [0.5, 0.6) is 0 Å². The van der Waals surface area contributed by atoms with Gasteiger partial charge in [0.2, 0.25) is 0 Å². The van der Waals surface area contributed by atoms with E-state index < -0.39 is 12.0 Å². The summed E-state index contributed by atoms with van der Waals surface area (Å²) in [4.78, 5) is 25.1. The number of piperidine rings is 1. The molecule has 0 radical (unpaired) electrons. The number of amides is 1. The topological polar surface area (TPSA) is 62.5 Å². The molecule has 1 saturated heterocycles. The van der Waals surface area contributed by atoms with Crippen molar-refractivity contribution in [2.24, 2.45) is 13.0 Å². The molecule has 2 rings (SSSR count). The van der Waals surface area contributed by atoms with Gasteiger partial charge in [-0.1, -0.05) is 6.92 Å². The first-order chi connectivity index (χ1) is 8.50. The maximum atomic E-state index is 12.3. The van der Waals surface area contributed by atoms with Crippen molar-refractivity contribution < 1.29 is 14.7 Å². The first-order valence-corrected chi connectivity index (χ1v) is 6.16. The fraction of sp³-hybridized carbons (Fsp3) is 0.538. The SMILES string of the molecule is CC1CCN(C(=O)c2cccn2C)C(C(=O)O)C1. The zero-order valence-electron chi connectivity index (χ0n) is 10.7. The largest absolute Gasteiger partial charge is 0.480 e. The third kappa shape index (κ3) is 2.25. The Balaban J connectivity index is 2.23. The molecule has 2 atom stereocenters. The van der Waals surface area contributed by atoms with E-state index in [0.717, 1.165) is 6.42 Å². The predicted molar refractivity (Wildman–Crippen MR) is 66.3 cm³/mol. The average molecular weight is 250 g/mol. The predicted octanol–water partition coefficient (Wildman–Crippen LogP) is 1.35. The van der Waals surface area contributed by atoms with E-state index in [1.54, 1.807) is 29.9 Å². The van der Waals surface area contributed by atoms with E-state index in [0.29, 0.717) is 24.6 Å². The molecule has 1 amide bonds. The molecule has 18 heavy (non-hydrogen) atoms. The minimum absolute atomic E-state index is 0.193. The van der Waals surface area contributed by atoms with Gasteiger partial charge in [-0.3, -0.25) is 4.79 Å². The third-order valence-corrected chi connectivity index (χ3v) is 3.57. The number of carboxylic acid groups (broad SMARTS) is 1. The first kappa shape index (κ1) is 12.7. The van der Waals surface area contributed by atoms with Crippen LogP contribution in [0.2, 0.25) is 0 Å². The van der Waals surface area contributed by atoms with Gasteiger partial charge in [0.05, 0.1) is 0 Å². The highest BCUT2D eigenvalue weighted by molar-refractivity contribution is 5.95. The van der Waals surface area contributed by atoms with Gasteiger partial charge in [-0.05, 0) is 30.9 Å². The average Bonchev–Trinajstić information content (AvgIpc) is 2.74. The number of rotatable bonds is 2. The number of hydrogen-bond donors (Lipinski definition) is 1. The Labute approximate surface area is 106 Å². The summed E-state index contributed by atoms with van der Waals surface area (Å²) in [7, 11) is 1.79. The molecular formula is C13H18N2O3.